The summed E-state index contributed by atoms with van der Waals surface area (Å²) >= 11 is 0. The van der Waals surface area contributed by atoms with E-state index in [0.717, 1.165) is 36.3 Å². The van der Waals surface area contributed by atoms with Gasteiger partial charge in [0.25, 0.3) is 0 Å². The molecule has 0 aromatic heterocycles. The van der Waals surface area contributed by atoms with E-state index in [1.807, 2.05) is 30.3 Å². The summed E-state index contributed by atoms with van der Waals surface area (Å²) in [4.78, 5) is 0. The number of hydrogen-bond acceptors (Lipinski definition) is 2. The molecule has 2 nitrogen and oxygen atoms in total. The fourth-order valence-electron chi connectivity index (χ4n) is 3.25. The van der Waals surface area contributed by atoms with Gasteiger partial charge in [0.15, 0.2) is 0 Å². The fraction of sp³-hybridized carbons (Fsp3) is 0.200. The van der Waals surface area contributed by atoms with Crippen molar-refractivity contribution < 1.29 is 9.84 Å². The van der Waals surface area contributed by atoms with Gasteiger partial charge in [-0.3, -0.25) is 0 Å². The normalized spacial score (nSPS) is 11.8. The molecule has 138 valence electrons. The van der Waals surface area contributed by atoms with Gasteiger partial charge in [0, 0.05) is 0 Å². The molecule has 3 rings (SSSR count). The van der Waals surface area contributed by atoms with Crippen molar-refractivity contribution in [3.8, 4) is 11.5 Å². The first-order valence-corrected chi connectivity index (χ1v) is 9.54. The standard InChI is InChI=1S/C25H26O2/c1-3-18-27-23-16-12-21(13-17-23)25(20-10-14-22(26)15-11-20)24(4-2)19-8-6-5-7-9-19/h5-17,26H,3-4,18H2,1-2H3. The van der Waals surface area contributed by atoms with Crippen LogP contribution in [-0.4, -0.2) is 11.7 Å². The second-order valence-corrected chi connectivity index (χ2v) is 6.49. The van der Waals surface area contributed by atoms with Gasteiger partial charge in [-0.2, -0.15) is 0 Å². The molecular formula is C25H26O2. The van der Waals surface area contributed by atoms with Crippen molar-refractivity contribution in [1.82, 2.24) is 0 Å². The van der Waals surface area contributed by atoms with Crippen molar-refractivity contribution in [3.63, 3.8) is 0 Å². The van der Waals surface area contributed by atoms with E-state index in [-0.39, 0.29) is 5.75 Å². The molecule has 0 aliphatic heterocycles. The Morgan fingerprint density at radius 2 is 1.33 bits per heavy atom. The van der Waals surface area contributed by atoms with Crippen LogP contribution in [0.15, 0.2) is 78.9 Å². The molecular weight excluding hydrogens is 332 g/mol. The number of aromatic hydroxyl groups is 1. The van der Waals surface area contributed by atoms with E-state index in [4.69, 9.17) is 4.74 Å². The molecule has 0 heterocycles. The van der Waals surface area contributed by atoms with Gasteiger partial charge in [0.2, 0.25) is 0 Å². The van der Waals surface area contributed by atoms with Crippen LogP contribution < -0.4 is 4.74 Å². The number of phenolic OH excluding ortho intramolecular Hbond substituents is 1. The summed E-state index contributed by atoms with van der Waals surface area (Å²) in [5.41, 5.74) is 5.92. The average Bonchev–Trinajstić information content (AvgIpc) is 2.72. The summed E-state index contributed by atoms with van der Waals surface area (Å²) < 4.78 is 5.73. The summed E-state index contributed by atoms with van der Waals surface area (Å²) in [6.07, 6.45) is 1.91. The van der Waals surface area contributed by atoms with Crippen molar-refractivity contribution >= 4 is 11.1 Å². The monoisotopic (exact) mass is 358 g/mol. The predicted octanol–water partition coefficient (Wildman–Crippen LogP) is 6.55. The van der Waals surface area contributed by atoms with Crippen molar-refractivity contribution in [2.45, 2.75) is 26.7 Å². The third kappa shape index (κ3) is 4.59. The Balaban J connectivity index is 2.13. The zero-order chi connectivity index (χ0) is 19.1. The summed E-state index contributed by atoms with van der Waals surface area (Å²) in [7, 11) is 0. The number of rotatable bonds is 7. The summed E-state index contributed by atoms with van der Waals surface area (Å²) in [6, 6.07) is 26.2. The zero-order valence-electron chi connectivity index (χ0n) is 16.0. The molecule has 27 heavy (non-hydrogen) atoms. The lowest BCUT2D eigenvalue weighted by molar-refractivity contribution is 0.317. The molecule has 0 atom stereocenters. The van der Waals surface area contributed by atoms with E-state index in [1.165, 1.54) is 16.7 Å². The van der Waals surface area contributed by atoms with Crippen molar-refractivity contribution in [2.75, 3.05) is 6.61 Å². The van der Waals surface area contributed by atoms with Gasteiger partial charge in [-0.05, 0) is 64.9 Å². The van der Waals surface area contributed by atoms with Crippen molar-refractivity contribution in [3.05, 3.63) is 95.6 Å². The molecule has 0 unspecified atom stereocenters. The van der Waals surface area contributed by atoms with Gasteiger partial charge < -0.3 is 9.84 Å². The molecule has 1 N–H and O–H groups in total. The fourth-order valence-corrected chi connectivity index (χ4v) is 3.25. The Morgan fingerprint density at radius 3 is 1.89 bits per heavy atom. The van der Waals surface area contributed by atoms with Crippen LogP contribution in [-0.2, 0) is 0 Å². The van der Waals surface area contributed by atoms with Gasteiger partial charge in [-0.15, -0.1) is 0 Å². The highest BCUT2D eigenvalue weighted by Gasteiger charge is 2.13. The Kier molecular flexibility index (Phi) is 6.32. The van der Waals surface area contributed by atoms with Crippen LogP contribution in [0.4, 0.5) is 0 Å². The third-order valence-electron chi connectivity index (χ3n) is 4.55. The molecule has 0 saturated heterocycles. The van der Waals surface area contributed by atoms with E-state index in [0.29, 0.717) is 0 Å². The average molecular weight is 358 g/mol. The first-order valence-electron chi connectivity index (χ1n) is 9.54. The molecule has 3 aromatic rings. The minimum Gasteiger partial charge on any atom is -0.508 e. The Hall–Kier alpha value is -3.00. The molecule has 0 bridgehead atoms. The number of benzene rings is 3. The van der Waals surface area contributed by atoms with Gasteiger partial charge in [0.05, 0.1) is 6.61 Å². The molecule has 0 fully saturated rings. The lowest BCUT2D eigenvalue weighted by atomic mass is 9.88. The van der Waals surface area contributed by atoms with Crippen LogP contribution in [0.2, 0.25) is 0 Å². The molecule has 2 heteroatoms. The van der Waals surface area contributed by atoms with Gasteiger partial charge in [-0.25, -0.2) is 0 Å². The van der Waals surface area contributed by atoms with E-state index in [9.17, 15) is 5.11 Å². The Morgan fingerprint density at radius 1 is 0.741 bits per heavy atom. The molecule has 3 aromatic carbocycles. The number of ether oxygens (including phenoxy) is 1. The topological polar surface area (TPSA) is 29.5 Å². The van der Waals surface area contributed by atoms with E-state index in [1.54, 1.807) is 12.1 Å². The van der Waals surface area contributed by atoms with Crippen LogP contribution in [0, 0.1) is 0 Å². The van der Waals surface area contributed by atoms with Crippen LogP contribution >= 0.6 is 0 Å². The first kappa shape index (κ1) is 18.8. The third-order valence-corrected chi connectivity index (χ3v) is 4.55. The summed E-state index contributed by atoms with van der Waals surface area (Å²) in [5.74, 6) is 1.17. The number of allylic oxidation sites excluding steroid dienone is 1. The summed E-state index contributed by atoms with van der Waals surface area (Å²) in [5, 5.41) is 9.71. The van der Waals surface area contributed by atoms with Crippen molar-refractivity contribution in [2.24, 2.45) is 0 Å². The highest BCUT2D eigenvalue weighted by Crippen LogP contribution is 2.35. The smallest absolute Gasteiger partial charge is 0.119 e. The van der Waals surface area contributed by atoms with Crippen LogP contribution in [0.5, 0.6) is 11.5 Å². The first-order chi connectivity index (χ1) is 13.2. The minimum atomic E-state index is 0.277. The number of hydrogen-bond donors (Lipinski definition) is 1. The number of phenols is 1. The quantitative estimate of drug-likeness (QED) is 0.485. The maximum absolute atomic E-state index is 9.71. The maximum atomic E-state index is 9.71. The molecule has 0 aliphatic rings. The van der Waals surface area contributed by atoms with Crippen LogP contribution in [0.1, 0.15) is 43.4 Å². The second-order valence-electron chi connectivity index (χ2n) is 6.49. The highest BCUT2D eigenvalue weighted by molar-refractivity contribution is 5.98. The largest absolute Gasteiger partial charge is 0.508 e. The molecule has 0 amide bonds. The zero-order valence-corrected chi connectivity index (χ0v) is 16.0. The van der Waals surface area contributed by atoms with Gasteiger partial charge in [-0.1, -0.05) is 68.4 Å². The SMILES string of the molecule is CCCOc1ccc(C(=C(CC)c2ccccc2)c2ccc(O)cc2)cc1. The molecule has 0 aliphatic carbocycles. The maximum Gasteiger partial charge on any atom is 0.119 e. The van der Waals surface area contributed by atoms with Gasteiger partial charge in [0.1, 0.15) is 11.5 Å². The van der Waals surface area contributed by atoms with Gasteiger partial charge >= 0.3 is 0 Å². The van der Waals surface area contributed by atoms with E-state index >= 15 is 0 Å². The van der Waals surface area contributed by atoms with E-state index < -0.39 is 0 Å². The van der Waals surface area contributed by atoms with Crippen molar-refractivity contribution in [1.29, 1.82) is 0 Å². The summed E-state index contributed by atoms with van der Waals surface area (Å²) in [6.45, 7) is 5.01. The molecule has 0 radical (unpaired) electrons. The second kappa shape index (κ2) is 9.09. The molecule has 0 saturated carbocycles. The van der Waals surface area contributed by atoms with E-state index in [2.05, 4.69) is 50.2 Å². The van der Waals surface area contributed by atoms with Crippen LogP contribution in [0.25, 0.3) is 11.1 Å². The Labute approximate surface area is 161 Å². The van der Waals surface area contributed by atoms with Crippen LogP contribution in [0.3, 0.4) is 0 Å². The lowest BCUT2D eigenvalue weighted by Gasteiger charge is -2.17. The lowest BCUT2D eigenvalue weighted by Crippen LogP contribution is -1.97. The minimum absolute atomic E-state index is 0.277. The predicted molar refractivity (Wildman–Crippen MR) is 113 cm³/mol. The Bertz CT molecular complexity index is 876. The molecule has 0 spiro atoms. The highest BCUT2D eigenvalue weighted by atomic mass is 16.5.